The minimum absolute atomic E-state index is 0.0995. The second-order valence-corrected chi connectivity index (χ2v) is 3.46. The van der Waals surface area contributed by atoms with Gasteiger partial charge in [0.25, 0.3) is 0 Å². The Morgan fingerprint density at radius 1 is 1.33 bits per heavy atom. The third kappa shape index (κ3) is 7.41. The van der Waals surface area contributed by atoms with Gasteiger partial charge in [-0.05, 0) is 26.3 Å². The molecule has 0 saturated carbocycles. The summed E-state index contributed by atoms with van der Waals surface area (Å²) in [7, 11) is 0. The summed E-state index contributed by atoms with van der Waals surface area (Å²) in [5, 5.41) is 0. The van der Waals surface area contributed by atoms with Crippen LogP contribution >= 0.6 is 0 Å². The van der Waals surface area contributed by atoms with Crippen LogP contribution in [0.2, 0.25) is 0 Å². The SMILES string of the molecule is C=C(C)c1ccccc1.CC(C)N=C=O. The Labute approximate surface area is 91.4 Å². The lowest BCUT2D eigenvalue weighted by Gasteiger charge is -1.94. The first-order chi connectivity index (χ1) is 7.07. The number of isocyanates is 1. The van der Waals surface area contributed by atoms with Crippen molar-refractivity contribution < 1.29 is 4.79 Å². The zero-order valence-electron chi connectivity index (χ0n) is 9.53. The van der Waals surface area contributed by atoms with Crippen molar-refractivity contribution in [1.82, 2.24) is 0 Å². The van der Waals surface area contributed by atoms with Crippen molar-refractivity contribution in [3.8, 4) is 0 Å². The third-order valence-electron chi connectivity index (χ3n) is 1.58. The molecular formula is C13H17NO. The largest absolute Gasteiger partial charge is 0.235 e. The van der Waals surface area contributed by atoms with E-state index in [1.165, 1.54) is 11.6 Å². The zero-order valence-corrected chi connectivity index (χ0v) is 9.53. The van der Waals surface area contributed by atoms with Crippen LogP contribution in [0, 0.1) is 0 Å². The van der Waals surface area contributed by atoms with Crippen LogP contribution in [-0.4, -0.2) is 12.1 Å². The third-order valence-corrected chi connectivity index (χ3v) is 1.58. The number of hydrogen-bond donors (Lipinski definition) is 0. The van der Waals surface area contributed by atoms with Crippen molar-refractivity contribution in [1.29, 1.82) is 0 Å². The predicted octanol–water partition coefficient (Wildman–Crippen LogP) is 3.45. The molecule has 0 radical (unpaired) electrons. The van der Waals surface area contributed by atoms with Crippen molar-refractivity contribution in [2.24, 2.45) is 4.99 Å². The molecule has 0 bridgehead atoms. The van der Waals surface area contributed by atoms with Crippen LogP contribution in [0.1, 0.15) is 26.3 Å². The fourth-order valence-corrected chi connectivity index (χ4v) is 0.828. The number of allylic oxidation sites excluding steroid dienone is 1. The van der Waals surface area contributed by atoms with Gasteiger partial charge in [0, 0.05) is 0 Å². The maximum absolute atomic E-state index is 9.32. The summed E-state index contributed by atoms with van der Waals surface area (Å²) in [5.74, 6) is 0. The summed E-state index contributed by atoms with van der Waals surface area (Å²) in [6.07, 6.45) is 1.44. The lowest BCUT2D eigenvalue weighted by atomic mass is 10.1. The van der Waals surface area contributed by atoms with E-state index in [4.69, 9.17) is 0 Å². The quantitative estimate of drug-likeness (QED) is 0.534. The number of aliphatic imine (C=N–C) groups is 1. The highest BCUT2D eigenvalue weighted by Gasteiger charge is 1.86. The van der Waals surface area contributed by atoms with Crippen LogP contribution < -0.4 is 0 Å². The van der Waals surface area contributed by atoms with Gasteiger partial charge >= 0.3 is 0 Å². The molecule has 1 rings (SSSR count). The predicted molar refractivity (Wildman–Crippen MR) is 64.4 cm³/mol. The fourth-order valence-electron chi connectivity index (χ4n) is 0.828. The number of carbonyl (C=O) groups excluding carboxylic acids is 1. The van der Waals surface area contributed by atoms with Gasteiger partial charge in [0.05, 0.1) is 6.04 Å². The molecule has 2 nitrogen and oxygen atoms in total. The smallest absolute Gasteiger partial charge is 0.211 e. The Balaban J connectivity index is 0.000000288. The molecule has 0 fully saturated rings. The van der Waals surface area contributed by atoms with Gasteiger partial charge in [-0.15, -0.1) is 0 Å². The lowest BCUT2D eigenvalue weighted by Crippen LogP contribution is -1.83. The van der Waals surface area contributed by atoms with Crippen LogP contribution in [-0.2, 0) is 4.79 Å². The summed E-state index contributed by atoms with van der Waals surface area (Å²) in [6.45, 7) is 9.48. The molecule has 80 valence electrons. The molecule has 0 heterocycles. The minimum atomic E-state index is 0.0995. The zero-order chi connectivity index (χ0) is 11.7. The highest BCUT2D eigenvalue weighted by molar-refractivity contribution is 5.60. The Morgan fingerprint density at radius 3 is 2.07 bits per heavy atom. The summed E-state index contributed by atoms with van der Waals surface area (Å²) >= 11 is 0. The molecule has 2 heteroatoms. The van der Waals surface area contributed by atoms with E-state index < -0.39 is 0 Å². The van der Waals surface area contributed by atoms with Crippen molar-refractivity contribution in [3.63, 3.8) is 0 Å². The van der Waals surface area contributed by atoms with Gasteiger partial charge < -0.3 is 0 Å². The van der Waals surface area contributed by atoms with Gasteiger partial charge in [-0.3, -0.25) is 0 Å². The van der Waals surface area contributed by atoms with E-state index in [0.29, 0.717) is 0 Å². The molecule has 0 aromatic heterocycles. The summed E-state index contributed by atoms with van der Waals surface area (Å²) in [5.41, 5.74) is 2.34. The van der Waals surface area contributed by atoms with Gasteiger partial charge in [-0.1, -0.05) is 42.5 Å². The molecule has 0 N–H and O–H groups in total. The molecule has 0 atom stereocenters. The first kappa shape index (κ1) is 13.3. The van der Waals surface area contributed by atoms with Gasteiger partial charge in [0.15, 0.2) is 0 Å². The normalized spacial score (nSPS) is 8.53. The average molecular weight is 203 g/mol. The molecular weight excluding hydrogens is 186 g/mol. The van der Waals surface area contributed by atoms with E-state index >= 15 is 0 Å². The van der Waals surface area contributed by atoms with E-state index in [9.17, 15) is 4.79 Å². The van der Waals surface area contributed by atoms with E-state index in [1.807, 2.05) is 39.0 Å². The first-order valence-corrected chi connectivity index (χ1v) is 4.85. The molecule has 1 aromatic carbocycles. The van der Waals surface area contributed by atoms with E-state index in [0.717, 1.165) is 5.57 Å². The molecule has 0 aliphatic carbocycles. The van der Waals surface area contributed by atoms with Crippen molar-refractivity contribution >= 4 is 11.7 Å². The maximum Gasteiger partial charge on any atom is 0.235 e. The number of benzene rings is 1. The summed E-state index contributed by atoms with van der Waals surface area (Å²) in [6, 6.07) is 10.3. The molecule has 0 aliphatic rings. The second kappa shape index (κ2) is 7.72. The Hall–Kier alpha value is -1.66. The van der Waals surface area contributed by atoms with Crippen LogP contribution in [0.3, 0.4) is 0 Å². The standard InChI is InChI=1S/C9H10.C4H7NO/c1-8(2)9-6-4-3-5-7-9;1-4(2)5-3-6/h3-7H,1H2,2H3;4H,1-2H3. The Morgan fingerprint density at radius 2 is 1.87 bits per heavy atom. The molecule has 1 aromatic rings. The minimum Gasteiger partial charge on any atom is -0.211 e. The number of nitrogens with zero attached hydrogens (tertiary/aromatic N) is 1. The average Bonchev–Trinajstić information content (AvgIpc) is 2.20. The van der Waals surface area contributed by atoms with Crippen LogP contribution in [0.25, 0.3) is 5.57 Å². The number of rotatable bonds is 2. The van der Waals surface area contributed by atoms with Crippen molar-refractivity contribution in [3.05, 3.63) is 42.5 Å². The molecule has 0 amide bonds. The summed E-state index contributed by atoms with van der Waals surface area (Å²) < 4.78 is 0. The van der Waals surface area contributed by atoms with Crippen LogP contribution in [0.15, 0.2) is 41.9 Å². The maximum atomic E-state index is 9.32. The molecule has 0 saturated heterocycles. The van der Waals surface area contributed by atoms with Crippen molar-refractivity contribution in [2.75, 3.05) is 0 Å². The molecule has 0 unspecified atom stereocenters. The molecule has 0 aliphatic heterocycles. The first-order valence-electron chi connectivity index (χ1n) is 4.85. The lowest BCUT2D eigenvalue weighted by molar-refractivity contribution is 0.560. The van der Waals surface area contributed by atoms with E-state index in [-0.39, 0.29) is 6.04 Å². The highest BCUT2D eigenvalue weighted by Crippen LogP contribution is 2.08. The van der Waals surface area contributed by atoms with Gasteiger partial charge in [-0.2, -0.15) is 0 Å². The highest BCUT2D eigenvalue weighted by atomic mass is 16.1. The Kier molecular flexibility index (Phi) is 6.86. The van der Waals surface area contributed by atoms with Gasteiger partial charge in [0.1, 0.15) is 0 Å². The fraction of sp³-hybridized carbons (Fsp3) is 0.308. The monoisotopic (exact) mass is 203 g/mol. The summed E-state index contributed by atoms with van der Waals surface area (Å²) in [4.78, 5) is 12.6. The van der Waals surface area contributed by atoms with Crippen LogP contribution in [0.5, 0.6) is 0 Å². The van der Waals surface area contributed by atoms with E-state index in [2.05, 4.69) is 23.7 Å². The molecule has 0 spiro atoms. The molecule has 15 heavy (non-hydrogen) atoms. The van der Waals surface area contributed by atoms with Gasteiger partial charge in [0.2, 0.25) is 6.08 Å². The Bertz CT molecular complexity index is 335. The number of hydrogen-bond acceptors (Lipinski definition) is 2. The van der Waals surface area contributed by atoms with Crippen LogP contribution in [0.4, 0.5) is 0 Å². The second-order valence-electron chi connectivity index (χ2n) is 3.46. The van der Waals surface area contributed by atoms with Gasteiger partial charge in [-0.25, -0.2) is 9.79 Å². The topological polar surface area (TPSA) is 29.4 Å². The van der Waals surface area contributed by atoms with Crippen molar-refractivity contribution in [2.45, 2.75) is 26.8 Å². The van der Waals surface area contributed by atoms with E-state index in [1.54, 1.807) is 0 Å².